The minimum Gasteiger partial charge on any atom is -0.314 e. The Morgan fingerprint density at radius 3 is 2.50 bits per heavy atom. The largest absolute Gasteiger partial charge is 0.314 e. The maximum absolute atomic E-state index is 4.64. The van der Waals surface area contributed by atoms with E-state index in [0.29, 0.717) is 0 Å². The average Bonchev–Trinajstić information content (AvgIpc) is 3.36. The van der Waals surface area contributed by atoms with Crippen LogP contribution in [0, 0.1) is 11.8 Å². The van der Waals surface area contributed by atoms with Gasteiger partial charge in [0.05, 0.1) is 9.20 Å². The summed E-state index contributed by atoms with van der Waals surface area (Å²) in [5, 5.41) is 9.22. The number of thiophene rings is 1. The van der Waals surface area contributed by atoms with Crippen LogP contribution >= 0.6 is 27.3 Å². The van der Waals surface area contributed by atoms with Gasteiger partial charge in [0.25, 0.3) is 0 Å². The Morgan fingerprint density at radius 1 is 1.18 bits per heavy atom. The highest BCUT2D eigenvalue weighted by Crippen LogP contribution is 2.40. The minimum absolute atomic E-state index is 0.0830. The molecule has 0 N–H and O–H groups in total. The van der Waals surface area contributed by atoms with Crippen molar-refractivity contribution in [3.8, 4) is 0 Å². The standard InChI is InChI=1S/C17H22BrN3S/c1-17(2,13-7-8-14(18)22-13)16-20-19-15(9-11-3-4-11)21(16)10-12-5-6-12/h7-8,11-12H,3-6,9-10H2,1-2H3. The van der Waals surface area contributed by atoms with Crippen LogP contribution in [0.5, 0.6) is 0 Å². The SMILES string of the molecule is CC(C)(c1ccc(Br)s1)c1nnc(CC2CC2)n1CC1CC1. The first-order chi connectivity index (χ1) is 10.5. The Hall–Kier alpha value is -0.680. The molecule has 0 aliphatic heterocycles. The first-order valence-electron chi connectivity index (χ1n) is 8.22. The van der Waals surface area contributed by atoms with E-state index < -0.39 is 0 Å². The monoisotopic (exact) mass is 379 g/mol. The second-order valence-electron chi connectivity index (χ2n) is 7.37. The zero-order valence-electron chi connectivity index (χ0n) is 13.2. The molecular formula is C17H22BrN3S. The van der Waals surface area contributed by atoms with Crippen LogP contribution in [0.3, 0.4) is 0 Å². The van der Waals surface area contributed by atoms with Gasteiger partial charge >= 0.3 is 0 Å². The topological polar surface area (TPSA) is 30.7 Å². The van der Waals surface area contributed by atoms with Gasteiger partial charge in [-0.2, -0.15) is 0 Å². The van der Waals surface area contributed by atoms with Gasteiger partial charge in [-0.1, -0.05) is 0 Å². The second-order valence-corrected chi connectivity index (χ2v) is 9.83. The molecule has 0 aromatic carbocycles. The summed E-state index contributed by atoms with van der Waals surface area (Å²) in [5.74, 6) is 4.06. The number of rotatable bonds is 6. The fourth-order valence-corrected chi connectivity index (χ4v) is 4.52. The molecule has 22 heavy (non-hydrogen) atoms. The lowest BCUT2D eigenvalue weighted by molar-refractivity contribution is 0.501. The van der Waals surface area contributed by atoms with E-state index in [4.69, 9.17) is 0 Å². The quantitative estimate of drug-likeness (QED) is 0.721. The Labute approximate surface area is 144 Å². The van der Waals surface area contributed by atoms with Crippen LogP contribution in [0.25, 0.3) is 0 Å². The van der Waals surface area contributed by atoms with E-state index in [1.165, 1.54) is 40.2 Å². The summed E-state index contributed by atoms with van der Waals surface area (Å²) in [5.41, 5.74) is -0.0830. The van der Waals surface area contributed by atoms with Gasteiger partial charge in [-0.3, -0.25) is 0 Å². The molecule has 4 rings (SSSR count). The Kier molecular flexibility index (Phi) is 3.68. The molecule has 0 unspecified atom stereocenters. The molecule has 3 nitrogen and oxygen atoms in total. The molecule has 2 heterocycles. The van der Waals surface area contributed by atoms with Gasteiger partial charge < -0.3 is 4.57 Å². The molecule has 118 valence electrons. The molecule has 0 saturated heterocycles. The zero-order valence-corrected chi connectivity index (χ0v) is 15.6. The predicted octanol–water partition coefficient (Wildman–Crippen LogP) is 4.79. The molecule has 2 saturated carbocycles. The summed E-state index contributed by atoms with van der Waals surface area (Å²) in [6, 6.07) is 4.35. The smallest absolute Gasteiger partial charge is 0.143 e. The van der Waals surface area contributed by atoms with E-state index in [2.05, 4.69) is 56.7 Å². The van der Waals surface area contributed by atoms with Crippen LogP contribution in [-0.4, -0.2) is 14.8 Å². The van der Waals surface area contributed by atoms with Crippen LogP contribution in [0.15, 0.2) is 15.9 Å². The summed E-state index contributed by atoms with van der Waals surface area (Å²) in [6.45, 7) is 5.67. The second kappa shape index (κ2) is 5.45. The summed E-state index contributed by atoms with van der Waals surface area (Å²) < 4.78 is 3.63. The van der Waals surface area contributed by atoms with Gasteiger partial charge in [0.2, 0.25) is 0 Å². The van der Waals surface area contributed by atoms with E-state index in [-0.39, 0.29) is 5.41 Å². The Bertz CT molecular complexity index is 680. The van der Waals surface area contributed by atoms with Crippen molar-refractivity contribution in [2.24, 2.45) is 11.8 Å². The Balaban J connectivity index is 1.70. The van der Waals surface area contributed by atoms with E-state index >= 15 is 0 Å². The van der Waals surface area contributed by atoms with Crippen molar-refractivity contribution >= 4 is 27.3 Å². The summed E-state index contributed by atoms with van der Waals surface area (Å²) in [7, 11) is 0. The van der Waals surface area contributed by atoms with E-state index in [9.17, 15) is 0 Å². The average molecular weight is 380 g/mol. The van der Waals surface area contributed by atoms with Crippen molar-refractivity contribution < 1.29 is 0 Å². The lowest BCUT2D eigenvalue weighted by Gasteiger charge is -2.24. The van der Waals surface area contributed by atoms with Gasteiger partial charge in [-0.25, -0.2) is 0 Å². The molecule has 2 aromatic heterocycles. The molecule has 0 bridgehead atoms. The molecule has 0 atom stereocenters. The third kappa shape index (κ3) is 2.90. The van der Waals surface area contributed by atoms with Crippen molar-refractivity contribution in [2.45, 2.75) is 57.9 Å². The maximum Gasteiger partial charge on any atom is 0.143 e. The number of hydrogen-bond acceptors (Lipinski definition) is 3. The van der Waals surface area contributed by atoms with Crippen molar-refractivity contribution in [1.82, 2.24) is 14.8 Å². The van der Waals surface area contributed by atoms with Crippen LogP contribution in [0.2, 0.25) is 0 Å². The van der Waals surface area contributed by atoms with Gasteiger partial charge in [-0.15, -0.1) is 21.5 Å². The fourth-order valence-electron chi connectivity index (χ4n) is 3.04. The van der Waals surface area contributed by atoms with Gasteiger partial charge in [0.1, 0.15) is 11.6 Å². The first-order valence-corrected chi connectivity index (χ1v) is 9.83. The zero-order chi connectivity index (χ0) is 15.3. The fraction of sp³-hybridized carbons (Fsp3) is 0.647. The highest BCUT2D eigenvalue weighted by molar-refractivity contribution is 9.11. The van der Waals surface area contributed by atoms with E-state index in [1.807, 2.05) is 0 Å². The predicted molar refractivity (Wildman–Crippen MR) is 93.3 cm³/mol. The third-order valence-electron chi connectivity index (χ3n) is 4.88. The normalized spacial score (nSPS) is 18.9. The van der Waals surface area contributed by atoms with Crippen LogP contribution in [-0.2, 0) is 18.4 Å². The van der Waals surface area contributed by atoms with Crippen molar-refractivity contribution in [1.29, 1.82) is 0 Å². The van der Waals surface area contributed by atoms with E-state index in [1.54, 1.807) is 11.3 Å². The number of hydrogen-bond donors (Lipinski definition) is 0. The number of aromatic nitrogens is 3. The summed E-state index contributed by atoms with van der Waals surface area (Å²) >= 11 is 5.39. The van der Waals surface area contributed by atoms with Crippen molar-refractivity contribution in [3.63, 3.8) is 0 Å². The van der Waals surface area contributed by atoms with Crippen molar-refractivity contribution in [2.75, 3.05) is 0 Å². The number of nitrogens with zero attached hydrogens (tertiary/aromatic N) is 3. The highest BCUT2D eigenvalue weighted by Gasteiger charge is 2.35. The van der Waals surface area contributed by atoms with Gasteiger partial charge in [0, 0.05) is 17.8 Å². The number of halogens is 1. The van der Waals surface area contributed by atoms with Crippen LogP contribution in [0.1, 0.15) is 56.1 Å². The van der Waals surface area contributed by atoms with Gasteiger partial charge in [0.15, 0.2) is 0 Å². The summed E-state index contributed by atoms with van der Waals surface area (Å²) in [4.78, 5) is 1.35. The molecule has 5 heteroatoms. The highest BCUT2D eigenvalue weighted by atomic mass is 79.9. The lowest BCUT2D eigenvalue weighted by Crippen LogP contribution is -2.25. The molecule has 2 fully saturated rings. The molecule has 2 aromatic rings. The molecule has 2 aliphatic carbocycles. The molecule has 0 spiro atoms. The molecular weight excluding hydrogens is 358 g/mol. The van der Waals surface area contributed by atoms with E-state index in [0.717, 1.165) is 30.6 Å². The Morgan fingerprint density at radius 2 is 1.91 bits per heavy atom. The molecule has 0 amide bonds. The van der Waals surface area contributed by atoms with Crippen LogP contribution < -0.4 is 0 Å². The van der Waals surface area contributed by atoms with Crippen molar-refractivity contribution in [3.05, 3.63) is 32.4 Å². The van der Waals surface area contributed by atoms with Gasteiger partial charge in [-0.05, 0) is 79.4 Å². The maximum atomic E-state index is 4.64. The summed E-state index contributed by atoms with van der Waals surface area (Å²) in [6.07, 6.45) is 6.58. The lowest BCUT2D eigenvalue weighted by atomic mass is 9.90. The van der Waals surface area contributed by atoms with Crippen LogP contribution in [0.4, 0.5) is 0 Å². The first kappa shape index (κ1) is 14.9. The molecule has 0 radical (unpaired) electrons. The molecule has 2 aliphatic rings. The third-order valence-corrected chi connectivity index (χ3v) is 6.83. The minimum atomic E-state index is -0.0830.